The van der Waals surface area contributed by atoms with Crippen LogP contribution in [0.25, 0.3) is 0 Å². The molecule has 3 heterocycles. The average Bonchev–Trinajstić information content (AvgIpc) is 2.94. The lowest BCUT2D eigenvalue weighted by molar-refractivity contribution is 0.0601. The molecule has 3 N–H and O–H groups in total. The van der Waals surface area contributed by atoms with Gasteiger partial charge in [-0.15, -0.1) is 0 Å². The first kappa shape index (κ1) is 30.7. The van der Waals surface area contributed by atoms with Gasteiger partial charge in [-0.25, -0.2) is 14.2 Å². The third kappa shape index (κ3) is 8.40. The summed E-state index contributed by atoms with van der Waals surface area (Å²) in [7, 11) is 0. The minimum Gasteiger partial charge on any atom is -0.336 e. The first-order valence-corrected chi connectivity index (χ1v) is 15.6. The number of anilines is 2. The van der Waals surface area contributed by atoms with Crippen molar-refractivity contribution in [2.75, 3.05) is 11.9 Å². The predicted octanol–water partition coefficient (Wildman–Crippen LogP) is 5.12. The van der Waals surface area contributed by atoms with E-state index < -0.39 is 11.1 Å². The zero-order valence-corrected chi connectivity index (χ0v) is 25.5. The molecule has 1 aliphatic heterocycles. The summed E-state index contributed by atoms with van der Waals surface area (Å²) >= 11 is -1.86. The second kappa shape index (κ2) is 14.1. The maximum atomic E-state index is 13.4. The number of piperidine rings is 1. The van der Waals surface area contributed by atoms with Crippen LogP contribution in [0.5, 0.6) is 0 Å². The van der Waals surface area contributed by atoms with Gasteiger partial charge in [-0.3, -0.25) is 9.78 Å². The van der Waals surface area contributed by atoms with E-state index in [1.54, 1.807) is 19.2 Å². The monoisotopic (exact) mass is 578 g/mol. The van der Waals surface area contributed by atoms with Crippen LogP contribution < -0.4 is 10.6 Å². The standard InChI is InChI=1S/C31H42N6O3S/c1-6-24-18-34-31(35-28-14-20(2)13-21(3)15-28)36-29(24)19-33-27-10-12-37(22(4)16-27)30(38)25-9-11-32-26(17-25)8-7-23(5)41(39)40/h9,11,13-15,17-18,22-23,27,33H,6-8,10,12,16,19H2,1-5H3,(H,39,40)(H,34,35,36)/t22-,23?,27+/m1/s1. The van der Waals surface area contributed by atoms with Crippen molar-refractivity contribution >= 4 is 28.6 Å². The second-order valence-electron chi connectivity index (χ2n) is 11.1. The van der Waals surface area contributed by atoms with Crippen LogP contribution in [0.1, 0.15) is 78.5 Å². The van der Waals surface area contributed by atoms with Crippen LogP contribution in [0.2, 0.25) is 0 Å². The van der Waals surface area contributed by atoms with E-state index in [9.17, 15) is 13.6 Å². The highest BCUT2D eigenvalue weighted by Gasteiger charge is 2.29. The van der Waals surface area contributed by atoms with E-state index >= 15 is 0 Å². The summed E-state index contributed by atoms with van der Waals surface area (Å²) in [6, 6.07) is 10.2. The first-order valence-electron chi connectivity index (χ1n) is 14.4. The number of hydrogen-bond acceptors (Lipinski definition) is 7. The number of nitrogens with one attached hydrogen (secondary N) is 2. The minimum absolute atomic E-state index is 0.00422. The molecule has 4 atom stereocenters. The molecule has 1 aliphatic rings. The molecule has 0 saturated carbocycles. The summed E-state index contributed by atoms with van der Waals surface area (Å²) in [4.78, 5) is 29.1. The fraction of sp³-hybridized carbons (Fsp3) is 0.484. The van der Waals surface area contributed by atoms with Gasteiger partial charge in [-0.05, 0) is 101 Å². The Morgan fingerprint density at radius 1 is 1.20 bits per heavy atom. The fourth-order valence-corrected chi connectivity index (χ4v) is 5.71. The summed E-state index contributed by atoms with van der Waals surface area (Å²) in [6.45, 7) is 11.4. The summed E-state index contributed by atoms with van der Waals surface area (Å²) < 4.78 is 20.5. The molecule has 9 nitrogen and oxygen atoms in total. The molecule has 1 fully saturated rings. The fourth-order valence-electron chi connectivity index (χ4n) is 5.39. The number of likely N-dealkylation sites (tertiary alicyclic amines) is 1. The van der Waals surface area contributed by atoms with Gasteiger partial charge in [0.25, 0.3) is 5.91 Å². The maximum absolute atomic E-state index is 13.4. The number of nitrogens with zero attached hydrogens (tertiary/aromatic N) is 4. The van der Waals surface area contributed by atoms with Gasteiger partial charge in [0.15, 0.2) is 11.1 Å². The van der Waals surface area contributed by atoms with Crippen LogP contribution in [-0.2, 0) is 30.5 Å². The van der Waals surface area contributed by atoms with E-state index in [2.05, 4.69) is 66.5 Å². The predicted molar refractivity (Wildman–Crippen MR) is 164 cm³/mol. The highest BCUT2D eigenvalue weighted by atomic mass is 32.2. The first-order chi connectivity index (χ1) is 19.6. The smallest absolute Gasteiger partial charge is 0.254 e. The Bertz CT molecular complexity index is 1360. The normalized spacial score (nSPS) is 18.6. The number of aromatic nitrogens is 3. The van der Waals surface area contributed by atoms with E-state index in [1.807, 2.05) is 17.2 Å². The molecule has 1 saturated heterocycles. The van der Waals surface area contributed by atoms with Crippen molar-refractivity contribution < 1.29 is 13.6 Å². The van der Waals surface area contributed by atoms with E-state index in [0.717, 1.165) is 41.9 Å². The molecule has 1 aromatic carbocycles. The molecule has 0 spiro atoms. The minimum atomic E-state index is -1.86. The van der Waals surface area contributed by atoms with Gasteiger partial charge in [-0.1, -0.05) is 13.0 Å². The zero-order chi connectivity index (χ0) is 29.5. The lowest BCUT2D eigenvalue weighted by atomic mass is 9.97. The van der Waals surface area contributed by atoms with E-state index in [-0.39, 0.29) is 23.2 Å². The molecule has 0 bridgehead atoms. The molecule has 0 radical (unpaired) electrons. The summed E-state index contributed by atoms with van der Waals surface area (Å²) in [5.41, 5.74) is 6.85. The second-order valence-corrected chi connectivity index (χ2v) is 12.5. The van der Waals surface area contributed by atoms with Crippen LogP contribution >= 0.6 is 0 Å². The zero-order valence-electron chi connectivity index (χ0n) is 24.7. The number of amides is 1. The van der Waals surface area contributed by atoms with Crippen molar-refractivity contribution in [3.05, 3.63) is 76.4 Å². The molecule has 10 heteroatoms. The van der Waals surface area contributed by atoms with Gasteiger partial charge in [-0.2, -0.15) is 0 Å². The lowest BCUT2D eigenvalue weighted by Gasteiger charge is -2.38. The Hall–Kier alpha value is -3.21. The van der Waals surface area contributed by atoms with Crippen LogP contribution in [-0.4, -0.2) is 58.4 Å². The molecule has 4 rings (SSSR count). The molecule has 3 aromatic rings. The van der Waals surface area contributed by atoms with Gasteiger partial charge in [0.2, 0.25) is 5.95 Å². The van der Waals surface area contributed by atoms with Gasteiger partial charge in [0.05, 0.1) is 10.9 Å². The Morgan fingerprint density at radius 2 is 1.95 bits per heavy atom. The number of pyridine rings is 1. The Balaban J connectivity index is 1.34. The molecular weight excluding hydrogens is 536 g/mol. The van der Waals surface area contributed by atoms with Crippen molar-refractivity contribution in [2.45, 2.75) is 90.6 Å². The number of benzene rings is 1. The van der Waals surface area contributed by atoms with Gasteiger partial charge in [0, 0.05) is 54.5 Å². The van der Waals surface area contributed by atoms with Crippen molar-refractivity contribution in [1.29, 1.82) is 0 Å². The van der Waals surface area contributed by atoms with Crippen molar-refractivity contribution in [1.82, 2.24) is 25.2 Å². The Labute approximate surface area is 245 Å². The van der Waals surface area contributed by atoms with Crippen LogP contribution in [0.4, 0.5) is 11.6 Å². The van der Waals surface area contributed by atoms with Crippen molar-refractivity contribution in [3.63, 3.8) is 0 Å². The van der Waals surface area contributed by atoms with Gasteiger partial charge < -0.3 is 20.1 Å². The lowest BCUT2D eigenvalue weighted by Crippen LogP contribution is -2.49. The highest BCUT2D eigenvalue weighted by Crippen LogP contribution is 2.22. The molecule has 41 heavy (non-hydrogen) atoms. The van der Waals surface area contributed by atoms with Crippen LogP contribution in [0.3, 0.4) is 0 Å². The van der Waals surface area contributed by atoms with Gasteiger partial charge >= 0.3 is 0 Å². The third-order valence-corrected chi connectivity index (χ3v) is 8.65. The highest BCUT2D eigenvalue weighted by molar-refractivity contribution is 7.79. The SMILES string of the molecule is CCc1cnc(Nc2cc(C)cc(C)c2)nc1CN[C@H]1CCN(C(=O)c2ccnc(CCC(C)S(=O)O)c2)[C@H](C)C1. The van der Waals surface area contributed by atoms with Crippen LogP contribution in [0, 0.1) is 13.8 Å². The Morgan fingerprint density at radius 3 is 2.63 bits per heavy atom. The molecular formula is C31H42N6O3S. The number of carbonyl (C=O) groups is 1. The quantitative estimate of drug-likeness (QED) is 0.268. The van der Waals surface area contributed by atoms with Crippen molar-refractivity contribution in [3.8, 4) is 0 Å². The van der Waals surface area contributed by atoms with E-state index in [0.29, 0.717) is 37.4 Å². The van der Waals surface area contributed by atoms with E-state index in [1.165, 1.54) is 11.1 Å². The third-order valence-electron chi connectivity index (χ3n) is 7.72. The number of hydrogen-bond donors (Lipinski definition) is 3. The Kier molecular flexibility index (Phi) is 10.6. The summed E-state index contributed by atoms with van der Waals surface area (Å²) in [5.74, 6) is 0.595. The molecule has 2 aromatic heterocycles. The number of carbonyl (C=O) groups excluding carboxylic acids is 1. The van der Waals surface area contributed by atoms with E-state index in [4.69, 9.17) is 4.98 Å². The topological polar surface area (TPSA) is 120 Å². The average molecular weight is 579 g/mol. The molecule has 220 valence electrons. The van der Waals surface area contributed by atoms with Crippen LogP contribution in [0.15, 0.2) is 42.7 Å². The molecule has 0 aliphatic carbocycles. The summed E-state index contributed by atoms with van der Waals surface area (Å²) in [6.07, 6.45) is 7.22. The van der Waals surface area contributed by atoms with Crippen molar-refractivity contribution in [2.24, 2.45) is 0 Å². The molecule has 1 amide bonds. The summed E-state index contributed by atoms with van der Waals surface area (Å²) in [5, 5.41) is 6.71. The van der Waals surface area contributed by atoms with Gasteiger partial charge in [0.1, 0.15) is 0 Å². The molecule has 2 unspecified atom stereocenters. The number of rotatable bonds is 11. The largest absolute Gasteiger partial charge is 0.336 e. The maximum Gasteiger partial charge on any atom is 0.254 e. The number of aryl methyl sites for hydroxylation is 4.